The Balaban J connectivity index is 1.91. The van der Waals surface area contributed by atoms with E-state index >= 15 is 0 Å². The van der Waals surface area contributed by atoms with Gasteiger partial charge >= 0.3 is 5.97 Å². The van der Waals surface area contributed by atoms with E-state index in [1.807, 2.05) is 10.7 Å². The molecular weight excluding hydrogens is 256 g/mol. The van der Waals surface area contributed by atoms with Crippen molar-refractivity contribution in [3.63, 3.8) is 0 Å². The molecule has 2 heterocycles. The van der Waals surface area contributed by atoms with Crippen LogP contribution < -0.4 is 0 Å². The molecule has 1 aliphatic heterocycles. The largest absolute Gasteiger partial charge is 0.478 e. The summed E-state index contributed by atoms with van der Waals surface area (Å²) in [5, 5.41) is 17.4. The van der Waals surface area contributed by atoms with Crippen LogP contribution in [0.5, 0.6) is 0 Å². The van der Waals surface area contributed by atoms with Gasteiger partial charge in [0, 0.05) is 6.54 Å². The van der Waals surface area contributed by atoms with Crippen LogP contribution in [0.25, 0.3) is 11.0 Å². The highest BCUT2D eigenvalue weighted by atomic mass is 16.4. The fourth-order valence-electron chi connectivity index (χ4n) is 2.88. The van der Waals surface area contributed by atoms with Crippen molar-refractivity contribution in [3.8, 4) is 0 Å². The van der Waals surface area contributed by atoms with Crippen molar-refractivity contribution in [1.82, 2.24) is 19.9 Å². The lowest BCUT2D eigenvalue weighted by atomic mass is 10.2. The van der Waals surface area contributed by atoms with Gasteiger partial charge in [-0.15, -0.1) is 5.10 Å². The van der Waals surface area contributed by atoms with Crippen molar-refractivity contribution < 1.29 is 9.90 Å². The number of hydrogen-bond acceptors (Lipinski definition) is 4. The van der Waals surface area contributed by atoms with Gasteiger partial charge in [-0.2, -0.15) is 0 Å². The molecule has 0 amide bonds. The molecule has 1 atom stereocenters. The molecule has 1 N–H and O–H groups in total. The second-order valence-electron chi connectivity index (χ2n) is 5.37. The third-order valence-electron chi connectivity index (χ3n) is 3.87. The molecule has 1 aromatic carbocycles. The Kier molecular flexibility index (Phi) is 3.40. The highest BCUT2D eigenvalue weighted by Crippen LogP contribution is 2.21. The molecule has 106 valence electrons. The van der Waals surface area contributed by atoms with Gasteiger partial charge in [0.2, 0.25) is 0 Å². The molecular formula is C14H18N4O2. The minimum atomic E-state index is -0.963. The Morgan fingerprint density at radius 1 is 1.40 bits per heavy atom. The number of carboxylic acid groups (broad SMARTS) is 1. The van der Waals surface area contributed by atoms with Crippen molar-refractivity contribution in [3.05, 3.63) is 23.8 Å². The molecule has 0 spiro atoms. The number of carboxylic acids is 1. The van der Waals surface area contributed by atoms with Crippen molar-refractivity contribution in [2.24, 2.45) is 0 Å². The zero-order valence-electron chi connectivity index (χ0n) is 11.5. The summed E-state index contributed by atoms with van der Waals surface area (Å²) < 4.78 is 1.83. The van der Waals surface area contributed by atoms with E-state index in [1.165, 1.54) is 12.8 Å². The molecule has 0 aliphatic carbocycles. The second kappa shape index (κ2) is 5.20. The summed E-state index contributed by atoms with van der Waals surface area (Å²) in [6.45, 7) is 5.30. The van der Waals surface area contributed by atoms with Gasteiger partial charge in [-0.25, -0.2) is 9.48 Å². The van der Waals surface area contributed by atoms with Crippen LogP contribution in [-0.4, -0.2) is 50.6 Å². The first-order valence-electron chi connectivity index (χ1n) is 6.96. The molecule has 0 bridgehead atoms. The van der Waals surface area contributed by atoms with E-state index < -0.39 is 5.97 Å². The Bertz CT molecular complexity index is 631. The van der Waals surface area contributed by atoms with Crippen molar-refractivity contribution >= 4 is 17.0 Å². The number of carbonyl (C=O) groups is 1. The van der Waals surface area contributed by atoms with Gasteiger partial charge in [-0.3, -0.25) is 0 Å². The van der Waals surface area contributed by atoms with Crippen LogP contribution in [0.3, 0.4) is 0 Å². The van der Waals surface area contributed by atoms with Crippen LogP contribution in [0, 0.1) is 0 Å². The first kappa shape index (κ1) is 13.1. The zero-order valence-corrected chi connectivity index (χ0v) is 11.5. The number of aromatic carboxylic acids is 1. The van der Waals surface area contributed by atoms with E-state index in [0.717, 1.165) is 25.2 Å². The van der Waals surface area contributed by atoms with Gasteiger partial charge < -0.3 is 10.0 Å². The smallest absolute Gasteiger partial charge is 0.338 e. The Hall–Kier alpha value is -1.95. The lowest BCUT2D eigenvalue weighted by Gasteiger charge is -2.20. The summed E-state index contributed by atoms with van der Waals surface area (Å²) in [5.41, 5.74) is 1.46. The normalized spacial score (nSPS) is 17.6. The number of aromatic nitrogens is 3. The lowest BCUT2D eigenvalue weighted by molar-refractivity contribution is 0.0699. The SMILES string of the molecule is CC(CN1CCCC1)n1nnc2c(C(=O)O)cccc21. The van der Waals surface area contributed by atoms with E-state index in [2.05, 4.69) is 22.1 Å². The fourth-order valence-corrected chi connectivity index (χ4v) is 2.88. The first-order valence-corrected chi connectivity index (χ1v) is 6.96. The lowest BCUT2D eigenvalue weighted by Crippen LogP contribution is -2.27. The standard InChI is InChI=1S/C14H18N4O2/c1-10(9-17-7-2-3-8-17)18-12-6-4-5-11(14(19)20)13(12)15-16-18/h4-6,10H,2-3,7-9H2,1H3,(H,19,20). The molecule has 1 aromatic heterocycles. The molecule has 6 nitrogen and oxygen atoms in total. The topological polar surface area (TPSA) is 71.2 Å². The van der Waals surface area contributed by atoms with Gasteiger partial charge in [0.25, 0.3) is 0 Å². The van der Waals surface area contributed by atoms with E-state index in [9.17, 15) is 9.90 Å². The van der Waals surface area contributed by atoms with Crippen LogP contribution in [0.2, 0.25) is 0 Å². The van der Waals surface area contributed by atoms with E-state index in [-0.39, 0.29) is 11.6 Å². The Morgan fingerprint density at radius 2 is 2.15 bits per heavy atom. The molecule has 1 fully saturated rings. The summed E-state index contributed by atoms with van der Waals surface area (Å²) in [6, 6.07) is 5.37. The molecule has 1 saturated heterocycles. The summed E-state index contributed by atoms with van der Waals surface area (Å²) in [6.07, 6.45) is 2.52. The average Bonchev–Trinajstić information content (AvgIpc) is 3.06. The van der Waals surface area contributed by atoms with Crippen LogP contribution in [0.1, 0.15) is 36.2 Å². The van der Waals surface area contributed by atoms with Gasteiger partial charge in [0.15, 0.2) is 0 Å². The highest BCUT2D eigenvalue weighted by Gasteiger charge is 2.20. The number of hydrogen-bond donors (Lipinski definition) is 1. The quantitative estimate of drug-likeness (QED) is 0.920. The molecule has 1 aliphatic rings. The maximum atomic E-state index is 11.2. The molecule has 0 saturated carbocycles. The van der Waals surface area contributed by atoms with E-state index in [1.54, 1.807) is 12.1 Å². The zero-order chi connectivity index (χ0) is 14.1. The second-order valence-corrected chi connectivity index (χ2v) is 5.37. The molecule has 1 unspecified atom stereocenters. The number of nitrogens with zero attached hydrogens (tertiary/aromatic N) is 4. The first-order chi connectivity index (χ1) is 9.66. The van der Waals surface area contributed by atoms with Crippen molar-refractivity contribution in [2.75, 3.05) is 19.6 Å². The molecule has 6 heteroatoms. The number of likely N-dealkylation sites (tertiary alicyclic amines) is 1. The van der Waals surface area contributed by atoms with Crippen molar-refractivity contribution in [2.45, 2.75) is 25.8 Å². The average molecular weight is 274 g/mol. The summed E-state index contributed by atoms with van der Waals surface area (Å²) in [7, 11) is 0. The molecule has 2 aromatic rings. The third-order valence-corrected chi connectivity index (χ3v) is 3.87. The predicted molar refractivity (Wildman–Crippen MR) is 74.9 cm³/mol. The van der Waals surface area contributed by atoms with Crippen LogP contribution in [-0.2, 0) is 0 Å². The minimum Gasteiger partial charge on any atom is -0.478 e. The summed E-state index contributed by atoms with van der Waals surface area (Å²) >= 11 is 0. The van der Waals surface area contributed by atoms with Gasteiger partial charge in [0.05, 0.1) is 17.1 Å². The number of benzene rings is 1. The van der Waals surface area contributed by atoms with E-state index in [4.69, 9.17) is 0 Å². The Labute approximate surface area is 117 Å². The maximum absolute atomic E-state index is 11.2. The third kappa shape index (κ3) is 2.27. The Morgan fingerprint density at radius 3 is 2.85 bits per heavy atom. The fraction of sp³-hybridized carbons (Fsp3) is 0.500. The predicted octanol–water partition coefficient (Wildman–Crippen LogP) is 1.79. The molecule has 3 rings (SSSR count). The van der Waals surface area contributed by atoms with Crippen LogP contribution in [0.4, 0.5) is 0 Å². The van der Waals surface area contributed by atoms with Gasteiger partial charge in [-0.05, 0) is 45.0 Å². The molecule has 0 radical (unpaired) electrons. The van der Waals surface area contributed by atoms with Crippen molar-refractivity contribution in [1.29, 1.82) is 0 Å². The summed E-state index contributed by atoms with van der Waals surface area (Å²) in [4.78, 5) is 13.6. The maximum Gasteiger partial charge on any atom is 0.338 e. The van der Waals surface area contributed by atoms with Gasteiger partial charge in [0.1, 0.15) is 5.52 Å². The number of rotatable bonds is 4. The summed E-state index contributed by atoms with van der Waals surface area (Å²) in [5.74, 6) is -0.963. The minimum absolute atomic E-state index is 0.183. The molecule has 20 heavy (non-hydrogen) atoms. The van der Waals surface area contributed by atoms with E-state index in [0.29, 0.717) is 5.52 Å². The number of fused-ring (bicyclic) bond motifs is 1. The highest BCUT2D eigenvalue weighted by molar-refractivity contribution is 6.00. The van der Waals surface area contributed by atoms with Crippen LogP contribution in [0.15, 0.2) is 18.2 Å². The van der Waals surface area contributed by atoms with Crippen LogP contribution >= 0.6 is 0 Å². The van der Waals surface area contributed by atoms with Gasteiger partial charge in [-0.1, -0.05) is 11.3 Å². The monoisotopic (exact) mass is 274 g/mol.